The van der Waals surface area contributed by atoms with E-state index in [1.165, 1.54) is 28.8 Å². The molecule has 1 unspecified atom stereocenters. The second kappa shape index (κ2) is 5.68. The Kier molecular flexibility index (Phi) is 4.15. The molecule has 0 spiro atoms. The van der Waals surface area contributed by atoms with Crippen molar-refractivity contribution >= 4 is 40.9 Å². The lowest BCUT2D eigenvalue weighted by atomic mass is 10.1. The van der Waals surface area contributed by atoms with Crippen molar-refractivity contribution in [1.82, 2.24) is 4.90 Å². The van der Waals surface area contributed by atoms with Crippen molar-refractivity contribution < 1.29 is 19.6 Å². The Morgan fingerprint density at radius 3 is 2.80 bits per heavy atom. The lowest BCUT2D eigenvalue weighted by Crippen LogP contribution is -2.41. The summed E-state index contributed by atoms with van der Waals surface area (Å²) in [6.45, 7) is 0. The predicted octanol–water partition coefficient (Wildman–Crippen LogP) is 1.85. The van der Waals surface area contributed by atoms with Crippen LogP contribution in [0.4, 0.5) is 5.69 Å². The summed E-state index contributed by atoms with van der Waals surface area (Å²) in [6.07, 6.45) is 0. The van der Waals surface area contributed by atoms with E-state index in [1.807, 2.05) is 0 Å². The van der Waals surface area contributed by atoms with E-state index in [0.717, 1.165) is 6.07 Å². The van der Waals surface area contributed by atoms with Crippen LogP contribution in [0, 0.1) is 10.1 Å². The number of halogens is 1. The van der Waals surface area contributed by atoms with Gasteiger partial charge in [-0.1, -0.05) is 11.6 Å². The molecule has 2 rings (SSSR count). The van der Waals surface area contributed by atoms with Crippen LogP contribution in [0.2, 0.25) is 5.02 Å². The monoisotopic (exact) mass is 316 g/mol. The smallest absolute Gasteiger partial charge is 0.327 e. The molecule has 0 saturated carbocycles. The summed E-state index contributed by atoms with van der Waals surface area (Å²) in [7, 11) is 0. The summed E-state index contributed by atoms with van der Waals surface area (Å²) in [5.74, 6) is -1.10. The highest BCUT2D eigenvalue weighted by Gasteiger charge is 2.35. The number of hydrogen-bond donors (Lipinski definition) is 1. The quantitative estimate of drug-likeness (QED) is 0.674. The van der Waals surface area contributed by atoms with Gasteiger partial charge in [-0.15, -0.1) is 11.8 Å². The zero-order chi connectivity index (χ0) is 14.9. The number of nitro benzene ring substituents is 1. The summed E-state index contributed by atoms with van der Waals surface area (Å²) in [6, 6.07) is 2.75. The third kappa shape index (κ3) is 2.70. The Balaban J connectivity index is 2.32. The summed E-state index contributed by atoms with van der Waals surface area (Å²) in [5, 5.41) is 19.7. The van der Waals surface area contributed by atoms with Gasteiger partial charge in [-0.3, -0.25) is 14.9 Å². The molecule has 9 heteroatoms. The van der Waals surface area contributed by atoms with Crippen LogP contribution in [0.5, 0.6) is 0 Å². The average Bonchev–Trinajstić information content (AvgIpc) is 2.87. The van der Waals surface area contributed by atoms with Crippen molar-refractivity contribution in [1.29, 1.82) is 0 Å². The van der Waals surface area contributed by atoms with Crippen LogP contribution in [-0.2, 0) is 4.79 Å². The molecule has 1 aliphatic heterocycles. The molecule has 1 atom stereocenters. The second-order valence-electron chi connectivity index (χ2n) is 4.05. The van der Waals surface area contributed by atoms with Crippen molar-refractivity contribution in [3.8, 4) is 0 Å². The van der Waals surface area contributed by atoms with Gasteiger partial charge < -0.3 is 10.0 Å². The summed E-state index contributed by atoms with van der Waals surface area (Å²) in [4.78, 5) is 34.6. The SMILES string of the molecule is O=C(O)C1CSCN1C(=O)c1ccc(Cl)c([N+](=O)[O-])c1. The van der Waals surface area contributed by atoms with Crippen LogP contribution < -0.4 is 0 Å². The summed E-state index contributed by atoms with van der Waals surface area (Å²) < 4.78 is 0. The van der Waals surface area contributed by atoms with Crippen LogP contribution in [0.3, 0.4) is 0 Å². The van der Waals surface area contributed by atoms with Gasteiger partial charge in [0.15, 0.2) is 0 Å². The number of carbonyl (C=O) groups is 2. The maximum Gasteiger partial charge on any atom is 0.327 e. The van der Waals surface area contributed by atoms with Crippen LogP contribution in [0.25, 0.3) is 0 Å². The third-order valence-electron chi connectivity index (χ3n) is 2.82. The van der Waals surface area contributed by atoms with E-state index in [-0.39, 0.29) is 22.2 Å². The summed E-state index contributed by atoms with van der Waals surface area (Å²) in [5.41, 5.74) is -0.328. The Hall–Kier alpha value is -1.80. The minimum absolute atomic E-state index is 0.0508. The normalized spacial score (nSPS) is 18.1. The maximum atomic E-state index is 12.2. The fraction of sp³-hybridized carbons (Fsp3) is 0.273. The molecule has 0 radical (unpaired) electrons. The molecule has 0 bridgehead atoms. The first kappa shape index (κ1) is 14.6. The van der Waals surface area contributed by atoms with E-state index >= 15 is 0 Å². The number of carboxylic acid groups (broad SMARTS) is 1. The molecular weight excluding hydrogens is 308 g/mol. The molecular formula is C11H9ClN2O5S. The molecule has 0 aromatic heterocycles. The Bertz CT molecular complexity index is 594. The fourth-order valence-corrected chi connectivity index (χ4v) is 3.13. The van der Waals surface area contributed by atoms with Crippen LogP contribution in [0.1, 0.15) is 10.4 Å². The highest BCUT2D eigenvalue weighted by Crippen LogP contribution is 2.28. The maximum absolute atomic E-state index is 12.2. The Morgan fingerprint density at radius 1 is 1.50 bits per heavy atom. The van der Waals surface area contributed by atoms with Gasteiger partial charge in [-0.05, 0) is 12.1 Å². The number of carbonyl (C=O) groups excluding carboxylic acids is 1. The Labute approximate surface area is 122 Å². The first-order valence-electron chi connectivity index (χ1n) is 5.47. The first-order chi connectivity index (χ1) is 9.41. The lowest BCUT2D eigenvalue weighted by molar-refractivity contribution is -0.384. The highest BCUT2D eigenvalue weighted by atomic mass is 35.5. The molecule has 1 N–H and O–H groups in total. The minimum Gasteiger partial charge on any atom is -0.480 e. The molecule has 1 aliphatic rings. The number of nitrogens with zero attached hydrogens (tertiary/aromatic N) is 2. The summed E-state index contributed by atoms with van der Waals surface area (Å²) >= 11 is 6.99. The standard InChI is InChI=1S/C11H9ClN2O5S/c12-7-2-1-6(3-8(7)14(18)19)10(15)13-5-20-4-9(13)11(16)17/h1-3,9H,4-5H2,(H,16,17). The molecule has 106 valence electrons. The molecule has 20 heavy (non-hydrogen) atoms. The van der Waals surface area contributed by atoms with Gasteiger partial charge in [0.25, 0.3) is 11.6 Å². The van der Waals surface area contributed by atoms with Gasteiger partial charge in [0.2, 0.25) is 0 Å². The topological polar surface area (TPSA) is 101 Å². The van der Waals surface area contributed by atoms with Crippen molar-refractivity contribution in [3.63, 3.8) is 0 Å². The average molecular weight is 317 g/mol. The van der Waals surface area contributed by atoms with E-state index in [2.05, 4.69) is 0 Å². The van der Waals surface area contributed by atoms with E-state index < -0.39 is 22.8 Å². The van der Waals surface area contributed by atoms with Crippen molar-refractivity contribution in [3.05, 3.63) is 38.9 Å². The number of aliphatic carboxylic acids is 1. The predicted molar refractivity (Wildman–Crippen MR) is 73.0 cm³/mol. The largest absolute Gasteiger partial charge is 0.480 e. The van der Waals surface area contributed by atoms with Gasteiger partial charge in [-0.25, -0.2) is 4.79 Å². The molecule has 1 fully saturated rings. The first-order valence-corrected chi connectivity index (χ1v) is 7.00. The second-order valence-corrected chi connectivity index (χ2v) is 5.46. The van der Waals surface area contributed by atoms with Crippen molar-refractivity contribution in [2.24, 2.45) is 0 Å². The van der Waals surface area contributed by atoms with Crippen LogP contribution in [0.15, 0.2) is 18.2 Å². The molecule has 7 nitrogen and oxygen atoms in total. The third-order valence-corrected chi connectivity index (χ3v) is 4.15. The molecule has 1 heterocycles. The molecule has 1 saturated heterocycles. The number of carboxylic acids is 1. The van der Waals surface area contributed by atoms with E-state index in [1.54, 1.807) is 0 Å². The van der Waals surface area contributed by atoms with Crippen LogP contribution in [-0.4, -0.2) is 44.5 Å². The molecule has 1 aromatic rings. The van der Waals surface area contributed by atoms with E-state index in [9.17, 15) is 19.7 Å². The van der Waals surface area contributed by atoms with Gasteiger partial charge in [0, 0.05) is 17.4 Å². The van der Waals surface area contributed by atoms with E-state index in [4.69, 9.17) is 16.7 Å². The molecule has 1 aromatic carbocycles. The zero-order valence-electron chi connectivity index (χ0n) is 9.98. The van der Waals surface area contributed by atoms with Crippen LogP contribution >= 0.6 is 23.4 Å². The van der Waals surface area contributed by atoms with Crippen molar-refractivity contribution in [2.75, 3.05) is 11.6 Å². The number of nitro groups is 1. The number of thioether (sulfide) groups is 1. The molecule has 1 amide bonds. The Morgan fingerprint density at radius 2 is 2.20 bits per heavy atom. The van der Waals surface area contributed by atoms with Gasteiger partial charge in [-0.2, -0.15) is 0 Å². The number of amides is 1. The van der Waals surface area contributed by atoms with Gasteiger partial charge >= 0.3 is 5.97 Å². The van der Waals surface area contributed by atoms with Crippen molar-refractivity contribution in [2.45, 2.75) is 6.04 Å². The molecule has 0 aliphatic carbocycles. The zero-order valence-corrected chi connectivity index (χ0v) is 11.6. The highest BCUT2D eigenvalue weighted by molar-refractivity contribution is 7.99. The number of hydrogen-bond acceptors (Lipinski definition) is 5. The van der Waals surface area contributed by atoms with E-state index in [0.29, 0.717) is 5.75 Å². The van der Waals surface area contributed by atoms with Gasteiger partial charge in [0.1, 0.15) is 11.1 Å². The van der Waals surface area contributed by atoms with Gasteiger partial charge in [0.05, 0.1) is 10.8 Å². The number of rotatable bonds is 3. The lowest BCUT2D eigenvalue weighted by Gasteiger charge is -2.20. The minimum atomic E-state index is -1.09. The fourth-order valence-electron chi connectivity index (χ4n) is 1.80. The number of benzene rings is 1.